The molecule has 0 bridgehead atoms. The van der Waals surface area contributed by atoms with E-state index in [1.54, 1.807) is 42.7 Å². The standard InChI is InChI=1S/C14H14N2O3S/c17-11-13-2-1-3-14(10-13)16-20(18,19)9-6-12-4-7-15-8-5-12/h1-5,7-8,10-11,16H,6,9H2. The van der Waals surface area contributed by atoms with Crippen molar-refractivity contribution >= 4 is 22.0 Å². The lowest BCUT2D eigenvalue weighted by atomic mass is 10.2. The minimum Gasteiger partial charge on any atom is -0.298 e. The van der Waals surface area contributed by atoms with Crippen molar-refractivity contribution in [3.63, 3.8) is 0 Å². The molecule has 0 saturated heterocycles. The zero-order chi connectivity index (χ0) is 14.4. The Bertz CT molecular complexity index is 685. The van der Waals surface area contributed by atoms with E-state index in [0.717, 1.165) is 5.56 Å². The van der Waals surface area contributed by atoms with Crippen LogP contribution in [0.5, 0.6) is 0 Å². The van der Waals surface area contributed by atoms with Gasteiger partial charge in [-0.25, -0.2) is 8.42 Å². The van der Waals surface area contributed by atoms with Crippen LogP contribution in [0.4, 0.5) is 5.69 Å². The number of aromatic nitrogens is 1. The Labute approximate surface area is 117 Å². The minimum atomic E-state index is -3.44. The fourth-order valence-electron chi connectivity index (χ4n) is 1.71. The number of aryl methyl sites for hydroxylation is 1. The van der Waals surface area contributed by atoms with Crippen LogP contribution in [0.25, 0.3) is 0 Å². The molecule has 0 radical (unpaired) electrons. The van der Waals surface area contributed by atoms with E-state index in [4.69, 9.17) is 0 Å². The third-order valence-electron chi connectivity index (χ3n) is 2.70. The van der Waals surface area contributed by atoms with Crippen molar-refractivity contribution in [2.24, 2.45) is 0 Å². The molecule has 0 aliphatic carbocycles. The smallest absolute Gasteiger partial charge is 0.233 e. The van der Waals surface area contributed by atoms with E-state index in [1.807, 2.05) is 0 Å². The van der Waals surface area contributed by atoms with Crippen LogP contribution in [-0.4, -0.2) is 25.4 Å². The first-order valence-electron chi connectivity index (χ1n) is 6.04. The summed E-state index contributed by atoms with van der Waals surface area (Å²) in [5.74, 6) is -0.0255. The first kappa shape index (κ1) is 14.2. The van der Waals surface area contributed by atoms with Crippen molar-refractivity contribution in [2.75, 3.05) is 10.5 Å². The maximum Gasteiger partial charge on any atom is 0.233 e. The Balaban J connectivity index is 2.02. The van der Waals surface area contributed by atoms with Crippen molar-refractivity contribution in [1.82, 2.24) is 4.98 Å². The van der Waals surface area contributed by atoms with Gasteiger partial charge in [-0.3, -0.25) is 14.5 Å². The molecule has 0 aliphatic heterocycles. The lowest BCUT2D eigenvalue weighted by Crippen LogP contribution is -2.18. The van der Waals surface area contributed by atoms with E-state index < -0.39 is 10.0 Å². The summed E-state index contributed by atoms with van der Waals surface area (Å²) in [6.45, 7) is 0. The topological polar surface area (TPSA) is 76.1 Å². The van der Waals surface area contributed by atoms with Gasteiger partial charge in [-0.15, -0.1) is 0 Å². The number of rotatable bonds is 6. The fourth-order valence-corrected chi connectivity index (χ4v) is 2.80. The first-order chi connectivity index (χ1) is 9.59. The van der Waals surface area contributed by atoms with Gasteiger partial charge in [-0.1, -0.05) is 12.1 Å². The summed E-state index contributed by atoms with van der Waals surface area (Å²) in [5.41, 5.74) is 1.73. The Morgan fingerprint density at radius 1 is 1.15 bits per heavy atom. The molecular formula is C14H14N2O3S. The van der Waals surface area contributed by atoms with Crippen LogP contribution in [-0.2, 0) is 16.4 Å². The van der Waals surface area contributed by atoms with Gasteiger partial charge in [0.2, 0.25) is 10.0 Å². The van der Waals surface area contributed by atoms with E-state index in [1.165, 1.54) is 6.07 Å². The molecule has 104 valence electrons. The summed E-state index contributed by atoms with van der Waals surface area (Å²) in [6.07, 6.45) is 4.34. The SMILES string of the molecule is O=Cc1cccc(NS(=O)(=O)CCc2ccncc2)c1. The predicted octanol–water partition coefficient (Wildman–Crippen LogP) is 1.88. The van der Waals surface area contributed by atoms with Crippen LogP contribution in [0.1, 0.15) is 15.9 Å². The number of nitrogens with zero attached hydrogens (tertiary/aromatic N) is 1. The average molecular weight is 290 g/mol. The van der Waals surface area contributed by atoms with Gasteiger partial charge in [0, 0.05) is 23.6 Å². The molecule has 1 aromatic carbocycles. The third-order valence-corrected chi connectivity index (χ3v) is 3.99. The van der Waals surface area contributed by atoms with Gasteiger partial charge >= 0.3 is 0 Å². The van der Waals surface area contributed by atoms with Gasteiger partial charge in [0.1, 0.15) is 6.29 Å². The second-order valence-corrected chi connectivity index (χ2v) is 6.11. The number of nitrogens with one attached hydrogen (secondary N) is 1. The number of hydrogen-bond acceptors (Lipinski definition) is 4. The number of carbonyl (C=O) groups is 1. The van der Waals surface area contributed by atoms with Crippen LogP contribution >= 0.6 is 0 Å². The Hall–Kier alpha value is -2.21. The van der Waals surface area contributed by atoms with E-state index >= 15 is 0 Å². The number of carbonyl (C=O) groups excluding carboxylic acids is 1. The van der Waals surface area contributed by atoms with Crippen LogP contribution < -0.4 is 4.72 Å². The fraction of sp³-hybridized carbons (Fsp3) is 0.143. The van der Waals surface area contributed by atoms with Crippen molar-refractivity contribution < 1.29 is 13.2 Å². The van der Waals surface area contributed by atoms with Gasteiger partial charge in [0.25, 0.3) is 0 Å². The van der Waals surface area contributed by atoms with Gasteiger partial charge in [-0.05, 0) is 36.2 Å². The molecule has 6 heteroatoms. The summed E-state index contributed by atoms with van der Waals surface area (Å²) in [4.78, 5) is 14.5. The van der Waals surface area contributed by atoms with E-state index in [9.17, 15) is 13.2 Å². The molecule has 0 aliphatic rings. The average Bonchev–Trinajstić information content (AvgIpc) is 2.46. The highest BCUT2D eigenvalue weighted by Gasteiger charge is 2.10. The van der Waals surface area contributed by atoms with Gasteiger partial charge in [-0.2, -0.15) is 0 Å². The van der Waals surface area contributed by atoms with Crippen LogP contribution in [0.15, 0.2) is 48.8 Å². The van der Waals surface area contributed by atoms with Crippen molar-refractivity contribution in [3.05, 3.63) is 59.9 Å². The molecule has 5 nitrogen and oxygen atoms in total. The molecule has 1 aromatic heterocycles. The number of anilines is 1. The Morgan fingerprint density at radius 3 is 2.60 bits per heavy atom. The van der Waals surface area contributed by atoms with E-state index in [-0.39, 0.29) is 5.75 Å². The summed E-state index contributed by atoms with van der Waals surface area (Å²) >= 11 is 0. The minimum absolute atomic E-state index is 0.0255. The lowest BCUT2D eigenvalue weighted by Gasteiger charge is -2.08. The molecule has 0 atom stereocenters. The largest absolute Gasteiger partial charge is 0.298 e. The van der Waals surface area contributed by atoms with Crippen molar-refractivity contribution in [3.8, 4) is 0 Å². The molecule has 0 spiro atoms. The van der Waals surface area contributed by atoms with E-state index in [0.29, 0.717) is 24.0 Å². The quantitative estimate of drug-likeness (QED) is 0.824. The zero-order valence-electron chi connectivity index (χ0n) is 10.7. The zero-order valence-corrected chi connectivity index (χ0v) is 11.5. The normalized spacial score (nSPS) is 11.0. The maximum absolute atomic E-state index is 12.0. The molecule has 1 heterocycles. The Morgan fingerprint density at radius 2 is 1.90 bits per heavy atom. The van der Waals surface area contributed by atoms with Crippen molar-refractivity contribution in [2.45, 2.75) is 6.42 Å². The van der Waals surface area contributed by atoms with Crippen LogP contribution in [0.2, 0.25) is 0 Å². The summed E-state index contributed by atoms with van der Waals surface area (Å²) in [5, 5.41) is 0. The molecule has 0 unspecified atom stereocenters. The molecule has 0 saturated carbocycles. The Kier molecular flexibility index (Phi) is 4.47. The highest BCUT2D eigenvalue weighted by atomic mass is 32.2. The molecule has 2 aromatic rings. The molecule has 0 amide bonds. The summed E-state index contributed by atoms with van der Waals surface area (Å²) in [6, 6.07) is 9.91. The number of pyridine rings is 1. The van der Waals surface area contributed by atoms with Crippen LogP contribution in [0.3, 0.4) is 0 Å². The van der Waals surface area contributed by atoms with Crippen molar-refractivity contribution in [1.29, 1.82) is 0 Å². The monoisotopic (exact) mass is 290 g/mol. The lowest BCUT2D eigenvalue weighted by molar-refractivity contribution is 0.112. The number of aldehydes is 1. The van der Waals surface area contributed by atoms with Gasteiger partial charge < -0.3 is 0 Å². The second-order valence-electron chi connectivity index (χ2n) is 4.27. The molecule has 0 fully saturated rings. The molecule has 20 heavy (non-hydrogen) atoms. The summed E-state index contributed by atoms with van der Waals surface area (Å²) < 4.78 is 26.4. The number of benzene rings is 1. The van der Waals surface area contributed by atoms with Gasteiger partial charge in [0.15, 0.2) is 0 Å². The van der Waals surface area contributed by atoms with Gasteiger partial charge in [0.05, 0.1) is 5.75 Å². The summed E-state index contributed by atoms with van der Waals surface area (Å²) in [7, 11) is -3.44. The second kappa shape index (κ2) is 6.29. The molecule has 2 rings (SSSR count). The predicted molar refractivity (Wildman–Crippen MR) is 77.2 cm³/mol. The third kappa shape index (κ3) is 4.17. The first-order valence-corrected chi connectivity index (χ1v) is 7.69. The molecular weight excluding hydrogens is 276 g/mol. The number of sulfonamides is 1. The molecule has 1 N–H and O–H groups in total. The maximum atomic E-state index is 12.0. The number of hydrogen-bond donors (Lipinski definition) is 1. The van der Waals surface area contributed by atoms with E-state index in [2.05, 4.69) is 9.71 Å². The highest BCUT2D eigenvalue weighted by molar-refractivity contribution is 7.92. The van der Waals surface area contributed by atoms with Crippen LogP contribution in [0, 0.1) is 0 Å². The highest BCUT2D eigenvalue weighted by Crippen LogP contribution is 2.12.